The highest BCUT2D eigenvalue weighted by Gasteiger charge is 2.01. The van der Waals surface area contributed by atoms with Crippen LogP contribution in [-0.4, -0.2) is 4.98 Å². The van der Waals surface area contributed by atoms with Crippen molar-refractivity contribution in [2.45, 2.75) is 51.9 Å². The second kappa shape index (κ2) is 8.85. The van der Waals surface area contributed by atoms with E-state index in [0.717, 1.165) is 27.5 Å². The maximum atomic E-state index is 4.47. The quantitative estimate of drug-likeness (QED) is 0.350. The summed E-state index contributed by atoms with van der Waals surface area (Å²) < 4.78 is 0.852. The number of benzene rings is 1. The summed E-state index contributed by atoms with van der Waals surface area (Å²) in [5.41, 5.74) is 2.06. The number of unbranched alkanes of at least 4 members (excludes halogenated alkanes) is 6. The third-order valence-electron chi connectivity index (χ3n) is 3.56. The molecular weight excluding hydrogens is 322 g/mol. The fraction of sp³-hybridized carbons (Fsp3) is 0.421. The highest BCUT2D eigenvalue weighted by atomic mass is 79.9. The number of nitrogens with zero attached hydrogens (tertiary/aromatic N) is 1. The molecule has 1 heterocycles. The summed E-state index contributed by atoms with van der Waals surface area (Å²) in [6, 6.07) is 10.2. The molecule has 110 valence electrons. The molecule has 0 amide bonds. The average Bonchev–Trinajstić information content (AvgIpc) is 2.49. The smallest absolute Gasteiger partial charge is 0.108 e. The van der Waals surface area contributed by atoms with Crippen LogP contribution in [0.5, 0.6) is 0 Å². The minimum atomic E-state index is 0.852. The van der Waals surface area contributed by atoms with E-state index < -0.39 is 0 Å². The molecule has 21 heavy (non-hydrogen) atoms. The summed E-state index contributed by atoms with van der Waals surface area (Å²) in [6.45, 7) is 2.25. The lowest BCUT2D eigenvalue weighted by molar-refractivity contribution is 0.614. The molecule has 0 fully saturated rings. The van der Waals surface area contributed by atoms with Crippen molar-refractivity contribution in [1.29, 1.82) is 0 Å². The first kappa shape index (κ1) is 16.0. The van der Waals surface area contributed by atoms with Gasteiger partial charge in [0, 0.05) is 17.4 Å². The van der Waals surface area contributed by atoms with Crippen molar-refractivity contribution in [3.05, 3.63) is 40.5 Å². The molecule has 2 rings (SSSR count). The molecule has 2 heteroatoms. The van der Waals surface area contributed by atoms with Crippen molar-refractivity contribution >= 4 is 26.8 Å². The Hall–Kier alpha value is -1.33. The van der Waals surface area contributed by atoms with Crippen molar-refractivity contribution in [2.75, 3.05) is 0 Å². The van der Waals surface area contributed by atoms with E-state index in [1.165, 1.54) is 38.5 Å². The van der Waals surface area contributed by atoms with E-state index in [9.17, 15) is 0 Å². The fourth-order valence-corrected chi connectivity index (χ4v) is 2.82. The summed E-state index contributed by atoms with van der Waals surface area (Å²) in [5, 5.41) is 1.14. The first-order valence-corrected chi connectivity index (χ1v) is 8.64. The predicted octanol–water partition coefficient (Wildman–Crippen LogP) is 6.10. The lowest BCUT2D eigenvalue weighted by atomic mass is 10.1. The van der Waals surface area contributed by atoms with Crippen molar-refractivity contribution in [2.24, 2.45) is 0 Å². The second-order valence-corrected chi connectivity index (χ2v) is 6.14. The van der Waals surface area contributed by atoms with Crippen LogP contribution in [0.25, 0.3) is 10.9 Å². The van der Waals surface area contributed by atoms with Crippen LogP contribution in [0.4, 0.5) is 0 Å². The van der Waals surface area contributed by atoms with Crippen LogP contribution in [0.2, 0.25) is 0 Å². The van der Waals surface area contributed by atoms with Gasteiger partial charge in [-0.25, -0.2) is 4.98 Å². The Morgan fingerprint density at radius 1 is 1.05 bits per heavy atom. The van der Waals surface area contributed by atoms with Gasteiger partial charge in [0.15, 0.2) is 0 Å². The molecule has 0 atom stereocenters. The van der Waals surface area contributed by atoms with Gasteiger partial charge in [0.25, 0.3) is 0 Å². The summed E-state index contributed by atoms with van der Waals surface area (Å²) >= 11 is 3.46. The molecule has 0 aliphatic rings. The Morgan fingerprint density at radius 2 is 1.81 bits per heavy atom. The van der Waals surface area contributed by atoms with E-state index in [-0.39, 0.29) is 0 Å². The lowest BCUT2D eigenvalue weighted by Crippen LogP contribution is -1.85. The third-order valence-corrected chi connectivity index (χ3v) is 3.97. The maximum absolute atomic E-state index is 4.47. The second-order valence-electron chi connectivity index (χ2n) is 5.33. The van der Waals surface area contributed by atoms with Gasteiger partial charge >= 0.3 is 0 Å². The number of halogens is 1. The van der Waals surface area contributed by atoms with Gasteiger partial charge in [0.1, 0.15) is 4.60 Å². The molecule has 1 nitrogen and oxygen atoms in total. The van der Waals surface area contributed by atoms with E-state index in [1.54, 1.807) is 0 Å². The molecule has 0 bridgehead atoms. The van der Waals surface area contributed by atoms with Crippen molar-refractivity contribution in [3.8, 4) is 11.8 Å². The molecule has 0 unspecified atom stereocenters. The largest absolute Gasteiger partial charge is 0.241 e. The Balaban J connectivity index is 1.93. The van der Waals surface area contributed by atoms with Crippen LogP contribution in [0.3, 0.4) is 0 Å². The summed E-state index contributed by atoms with van der Waals surface area (Å²) in [6.07, 6.45) is 8.88. The number of pyridine rings is 1. The van der Waals surface area contributed by atoms with Gasteiger partial charge in [-0.15, -0.1) is 0 Å². The van der Waals surface area contributed by atoms with Crippen LogP contribution in [0, 0.1) is 11.8 Å². The lowest BCUT2D eigenvalue weighted by Gasteiger charge is -2.01. The van der Waals surface area contributed by atoms with E-state index in [4.69, 9.17) is 0 Å². The number of fused-ring (bicyclic) bond motifs is 1. The number of hydrogen-bond donors (Lipinski definition) is 0. The van der Waals surface area contributed by atoms with Gasteiger partial charge in [-0.1, -0.05) is 69.1 Å². The van der Waals surface area contributed by atoms with Gasteiger partial charge in [-0.05, 0) is 34.5 Å². The van der Waals surface area contributed by atoms with Gasteiger partial charge in [-0.2, -0.15) is 0 Å². The molecule has 0 radical (unpaired) electrons. The van der Waals surface area contributed by atoms with Gasteiger partial charge in [0.2, 0.25) is 0 Å². The maximum Gasteiger partial charge on any atom is 0.108 e. The number of aromatic nitrogens is 1. The van der Waals surface area contributed by atoms with Crippen LogP contribution >= 0.6 is 15.9 Å². The van der Waals surface area contributed by atoms with Crippen LogP contribution in [-0.2, 0) is 0 Å². The molecule has 2 aromatic rings. The Kier molecular flexibility index (Phi) is 6.76. The first-order chi connectivity index (χ1) is 10.3. The van der Waals surface area contributed by atoms with E-state index in [0.29, 0.717) is 0 Å². The zero-order valence-electron chi connectivity index (χ0n) is 12.7. The van der Waals surface area contributed by atoms with E-state index in [1.807, 2.05) is 24.3 Å². The SMILES string of the molecule is CCCCCCCCC#Cc1cc(Br)nc2ccccc12. The predicted molar refractivity (Wildman–Crippen MR) is 94.3 cm³/mol. The molecule has 0 saturated heterocycles. The molecule has 1 aromatic heterocycles. The standard InChI is InChI=1S/C19H22BrN/c1-2-3-4-5-6-7-8-9-12-16-15-19(20)21-18-14-11-10-13-17(16)18/h10-11,13-15H,2-8H2,1H3. The van der Waals surface area contributed by atoms with Crippen LogP contribution < -0.4 is 0 Å². The topological polar surface area (TPSA) is 12.9 Å². The first-order valence-electron chi connectivity index (χ1n) is 7.85. The van der Waals surface area contributed by atoms with E-state index >= 15 is 0 Å². The Labute approximate surface area is 136 Å². The van der Waals surface area contributed by atoms with Crippen LogP contribution in [0.1, 0.15) is 57.4 Å². The number of para-hydroxylation sites is 1. The highest BCUT2D eigenvalue weighted by Crippen LogP contribution is 2.20. The van der Waals surface area contributed by atoms with Crippen molar-refractivity contribution < 1.29 is 0 Å². The summed E-state index contributed by atoms with van der Waals surface area (Å²) in [7, 11) is 0. The monoisotopic (exact) mass is 343 g/mol. The molecule has 0 saturated carbocycles. The Bertz CT molecular complexity index is 637. The van der Waals surface area contributed by atoms with Gasteiger partial charge in [-0.3, -0.25) is 0 Å². The third kappa shape index (κ3) is 5.17. The Morgan fingerprint density at radius 3 is 2.67 bits per heavy atom. The van der Waals surface area contributed by atoms with Crippen molar-refractivity contribution in [3.63, 3.8) is 0 Å². The molecule has 0 N–H and O–H groups in total. The average molecular weight is 344 g/mol. The van der Waals surface area contributed by atoms with Crippen molar-refractivity contribution in [1.82, 2.24) is 4.98 Å². The molecular formula is C19H22BrN. The van der Waals surface area contributed by atoms with Crippen LogP contribution in [0.15, 0.2) is 34.9 Å². The number of rotatable bonds is 6. The minimum Gasteiger partial charge on any atom is -0.241 e. The van der Waals surface area contributed by atoms with E-state index in [2.05, 4.69) is 45.7 Å². The zero-order valence-corrected chi connectivity index (χ0v) is 14.2. The molecule has 1 aromatic carbocycles. The summed E-state index contributed by atoms with van der Waals surface area (Å²) in [4.78, 5) is 4.47. The highest BCUT2D eigenvalue weighted by molar-refractivity contribution is 9.10. The minimum absolute atomic E-state index is 0.852. The molecule has 0 aliphatic carbocycles. The van der Waals surface area contributed by atoms with Gasteiger partial charge in [0.05, 0.1) is 5.52 Å². The summed E-state index contributed by atoms with van der Waals surface area (Å²) in [5.74, 6) is 6.62. The molecule has 0 spiro atoms. The van der Waals surface area contributed by atoms with Gasteiger partial charge < -0.3 is 0 Å². The zero-order chi connectivity index (χ0) is 14.9. The molecule has 0 aliphatic heterocycles. The number of hydrogen-bond acceptors (Lipinski definition) is 1. The normalized spacial score (nSPS) is 10.4. The fourth-order valence-electron chi connectivity index (χ4n) is 2.40.